The first-order valence-corrected chi connectivity index (χ1v) is 4.70. The van der Waals surface area contributed by atoms with Gasteiger partial charge in [0, 0.05) is 0 Å². The molecule has 1 heterocycles. The SMILES string of the molecule is CCO/N=C(/C)c1scnc1C. The molecule has 3 nitrogen and oxygen atoms in total. The Balaban J connectivity index is 2.77. The van der Waals surface area contributed by atoms with Gasteiger partial charge in [0.2, 0.25) is 0 Å². The van der Waals surface area contributed by atoms with Crippen LogP contribution in [0, 0.1) is 6.92 Å². The number of aryl methyl sites for hydroxylation is 1. The summed E-state index contributed by atoms with van der Waals surface area (Å²) < 4.78 is 0. The smallest absolute Gasteiger partial charge is 0.114 e. The minimum atomic E-state index is 0.606. The Kier molecular flexibility index (Phi) is 3.22. The highest BCUT2D eigenvalue weighted by Gasteiger charge is 2.04. The average molecular weight is 184 g/mol. The summed E-state index contributed by atoms with van der Waals surface area (Å²) in [6.07, 6.45) is 0. The molecule has 0 N–H and O–H groups in total. The van der Waals surface area contributed by atoms with Gasteiger partial charge in [-0.1, -0.05) is 5.16 Å². The number of aromatic nitrogens is 1. The van der Waals surface area contributed by atoms with Crippen LogP contribution in [-0.2, 0) is 4.84 Å². The molecule has 4 heteroatoms. The van der Waals surface area contributed by atoms with Gasteiger partial charge in [0.1, 0.15) is 6.61 Å². The molecule has 0 bridgehead atoms. The maximum Gasteiger partial charge on any atom is 0.114 e. The van der Waals surface area contributed by atoms with E-state index in [0.717, 1.165) is 16.3 Å². The largest absolute Gasteiger partial charge is 0.396 e. The van der Waals surface area contributed by atoms with E-state index in [1.807, 2.05) is 26.3 Å². The zero-order chi connectivity index (χ0) is 8.97. The lowest BCUT2D eigenvalue weighted by atomic mass is 10.3. The van der Waals surface area contributed by atoms with Crippen LogP contribution in [-0.4, -0.2) is 17.3 Å². The Hall–Kier alpha value is -0.900. The lowest BCUT2D eigenvalue weighted by Crippen LogP contribution is -1.95. The van der Waals surface area contributed by atoms with Crippen molar-refractivity contribution in [1.29, 1.82) is 0 Å². The fraction of sp³-hybridized carbons (Fsp3) is 0.500. The third kappa shape index (κ3) is 2.04. The van der Waals surface area contributed by atoms with Crippen LogP contribution in [0.4, 0.5) is 0 Å². The molecule has 0 atom stereocenters. The Morgan fingerprint density at radius 1 is 1.75 bits per heavy atom. The van der Waals surface area contributed by atoms with Crippen molar-refractivity contribution in [2.45, 2.75) is 20.8 Å². The first kappa shape index (κ1) is 9.19. The zero-order valence-electron chi connectivity index (χ0n) is 7.50. The fourth-order valence-corrected chi connectivity index (χ4v) is 1.60. The molecule has 1 rings (SSSR count). The molecule has 0 fully saturated rings. The molecule has 0 radical (unpaired) electrons. The monoisotopic (exact) mass is 184 g/mol. The topological polar surface area (TPSA) is 34.5 Å². The molecule has 0 saturated carbocycles. The highest BCUT2D eigenvalue weighted by atomic mass is 32.1. The van der Waals surface area contributed by atoms with Crippen molar-refractivity contribution in [2.75, 3.05) is 6.61 Å². The first-order valence-electron chi connectivity index (χ1n) is 3.82. The Labute approximate surface area is 76.1 Å². The highest BCUT2D eigenvalue weighted by Crippen LogP contribution is 2.13. The molecule has 0 saturated heterocycles. The number of thiazole rings is 1. The predicted molar refractivity (Wildman–Crippen MR) is 50.7 cm³/mol. The maximum atomic E-state index is 4.94. The summed E-state index contributed by atoms with van der Waals surface area (Å²) in [5.41, 5.74) is 3.73. The van der Waals surface area contributed by atoms with Crippen LogP contribution >= 0.6 is 11.3 Å². The predicted octanol–water partition coefficient (Wildman–Crippen LogP) is 2.21. The van der Waals surface area contributed by atoms with Gasteiger partial charge in [-0.25, -0.2) is 4.98 Å². The quantitative estimate of drug-likeness (QED) is 0.533. The van der Waals surface area contributed by atoms with Crippen LogP contribution in [0.25, 0.3) is 0 Å². The van der Waals surface area contributed by atoms with Crippen molar-refractivity contribution in [3.05, 3.63) is 16.1 Å². The molecule has 0 aliphatic rings. The van der Waals surface area contributed by atoms with Crippen LogP contribution in [0.2, 0.25) is 0 Å². The second-order valence-corrected chi connectivity index (χ2v) is 3.22. The van der Waals surface area contributed by atoms with Gasteiger partial charge in [-0.15, -0.1) is 11.3 Å². The van der Waals surface area contributed by atoms with E-state index in [0.29, 0.717) is 6.61 Å². The molecule has 12 heavy (non-hydrogen) atoms. The molecule has 0 aliphatic carbocycles. The van der Waals surface area contributed by atoms with Gasteiger partial charge in [0.25, 0.3) is 0 Å². The fourth-order valence-electron chi connectivity index (χ4n) is 0.852. The number of hydrogen-bond donors (Lipinski definition) is 0. The summed E-state index contributed by atoms with van der Waals surface area (Å²) >= 11 is 1.59. The van der Waals surface area contributed by atoms with Gasteiger partial charge in [-0.05, 0) is 20.8 Å². The molecule has 66 valence electrons. The van der Waals surface area contributed by atoms with E-state index < -0.39 is 0 Å². The average Bonchev–Trinajstić information content (AvgIpc) is 2.47. The van der Waals surface area contributed by atoms with E-state index in [2.05, 4.69) is 10.1 Å². The van der Waals surface area contributed by atoms with Crippen molar-refractivity contribution in [1.82, 2.24) is 4.98 Å². The second kappa shape index (κ2) is 4.21. The summed E-state index contributed by atoms with van der Waals surface area (Å²) in [4.78, 5) is 10.2. The summed E-state index contributed by atoms with van der Waals surface area (Å²) in [5, 5.41) is 3.93. The molecule has 0 unspecified atom stereocenters. The summed E-state index contributed by atoms with van der Waals surface area (Å²) in [5.74, 6) is 0. The summed E-state index contributed by atoms with van der Waals surface area (Å²) in [7, 11) is 0. The minimum Gasteiger partial charge on any atom is -0.396 e. The van der Waals surface area contributed by atoms with Crippen LogP contribution < -0.4 is 0 Å². The second-order valence-electron chi connectivity index (χ2n) is 2.36. The Bertz CT molecular complexity index is 280. The maximum absolute atomic E-state index is 4.94. The van der Waals surface area contributed by atoms with Crippen molar-refractivity contribution in [2.24, 2.45) is 5.16 Å². The van der Waals surface area contributed by atoms with Crippen molar-refractivity contribution in [3.63, 3.8) is 0 Å². The van der Waals surface area contributed by atoms with E-state index in [1.165, 1.54) is 0 Å². The molecule has 0 spiro atoms. The normalized spacial score (nSPS) is 11.8. The number of oxime groups is 1. The third-order valence-corrected chi connectivity index (χ3v) is 2.44. The van der Waals surface area contributed by atoms with Crippen molar-refractivity contribution < 1.29 is 4.84 Å². The van der Waals surface area contributed by atoms with Gasteiger partial charge in [-0.3, -0.25) is 0 Å². The van der Waals surface area contributed by atoms with Crippen molar-refractivity contribution >= 4 is 17.0 Å². The summed E-state index contributed by atoms with van der Waals surface area (Å²) in [6.45, 7) is 6.42. The first-order chi connectivity index (χ1) is 5.75. The van der Waals surface area contributed by atoms with Crippen LogP contribution in [0.3, 0.4) is 0 Å². The standard InChI is InChI=1S/C8H12N2OS/c1-4-11-10-7(3)8-6(2)9-5-12-8/h5H,4H2,1-3H3/b10-7-. The Morgan fingerprint density at radius 3 is 3.00 bits per heavy atom. The van der Waals surface area contributed by atoms with Crippen LogP contribution in [0.15, 0.2) is 10.7 Å². The number of nitrogens with zero attached hydrogens (tertiary/aromatic N) is 2. The van der Waals surface area contributed by atoms with Gasteiger partial charge < -0.3 is 4.84 Å². The molecule has 0 aliphatic heterocycles. The zero-order valence-corrected chi connectivity index (χ0v) is 8.31. The van der Waals surface area contributed by atoms with Gasteiger partial charge in [0.15, 0.2) is 0 Å². The lowest BCUT2D eigenvalue weighted by molar-refractivity contribution is 0.159. The van der Waals surface area contributed by atoms with E-state index in [9.17, 15) is 0 Å². The van der Waals surface area contributed by atoms with E-state index in [1.54, 1.807) is 11.3 Å². The molecular formula is C8H12N2OS. The summed E-state index contributed by atoms with van der Waals surface area (Å²) in [6, 6.07) is 0. The molecule has 0 amide bonds. The number of hydrogen-bond acceptors (Lipinski definition) is 4. The highest BCUT2D eigenvalue weighted by molar-refractivity contribution is 7.12. The minimum absolute atomic E-state index is 0.606. The van der Waals surface area contributed by atoms with Gasteiger partial charge in [0.05, 0.1) is 21.8 Å². The van der Waals surface area contributed by atoms with E-state index in [-0.39, 0.29) is 0 Å². The molecule has 1 aromatic rings. The van der Waals surface area contributed by atoms with Gasteiger partial charge in [-0.2, -0.15) is 0 Å². The van der Waals surface area contributed by atoms with E-state index >= 15 is 0 Å². The van der Waals surface area contributed by atoms with Gasteiger partial charge >= 0.3 is 0 Å². The molecular weight excluding hydrogens is 172 g/mol. The third-order valence-electron chi connectivity index (χ3n) is 1.40. The van der Waals surface area contributed by atoms with Crippen LogP contribution in [0.1, 0.15) is 24.4 Å². The van der Waals surface area contributed by atoms with E-state index in [4.69, 9.17) is 4.84 Å². The number of rotatable bonds is 3. The van der Waals surface area contributed by atoms with Crippen LogP contribution in [0.5, 0.6) is 0 Å². The molecule has 1 aromatic heterocycles. The lowest BCUT2D eigenvalue weighted by Gasteiger charge is -1.97. The van der Waals surface area contributed by atoms with Crippen molar-refractivity contribution in [3.8, 4) is 0 Å². The Morgan fingerprint density at radius 2 is 2.50 bits per heavy atom. The molecule has 0 aromatic carbocycles.